The van der Waals surface area contributed by atoms with Gasteiger partial charge in [-0.05, 0) is 29.3 Å². The van der Waals surface area contributed by atoms with Gasteiger partial charge in [0, 0.05) is 31.9 Å². The van der Waals surface area contributed by atoms with Crippen molar-refractivity contribution in [1.82, 2.24) is 20.2 Å². The normalized spacial score (nSPS) is 14.5. The second kappa shape index (κ2) is 7.70. The number of benzene rings is 2. The van der Waals surface area contributed by atoms with E-state index in [4.69, 9.17) is 5.73 Å². The highest BCUT2D eigenvalue weighted by Gasteiger charge is 2.30. The second-order valence-corrected chi connectivity index (χ2v) is 7.71. The first-order valence-electron chi connectivity index (χ1n) is 10.1. The first-order chi connectivity index (χ1) is 15.4. The average molecular weight is 439 g/mol. The number of rotatable bonds is 3. The number of nitrogens with one attached hydrogen (secondary N) is 1. The molecule has 5 rings (SSSR count). The van der Waals surface area contributed by atoms with E-state index in [-0.39, 0.29) is 5.95 Å². The number of hydrogen-bond acceptors (Lipinski definition) is 6. The van der Waals surface area contributed by atoms with Crippen molar-refractivity contribution in [2.75, 3.05) is 28.6 Å². The Morgan fingerprint density at radius 2 is 1.88 bits per heavy atom. The summed E-state index contributed by atoms with van der Waals surface area (Å²) in [6, 6.07) is 13.4. The molecular weight excluding hydrogens is 419 g/mol. The third-order valence-corrected chi connectivity index (χ3v) is 5.57. The van der Waals surface area contributed by atoms with Gasteiger partial charge in [0.05, 0.1) is 17.1 Å². The van der Waals surface area contributed by atoms with Gasteiger partial charge in [-0.25, -0.2) is 0 Å². The van der Waals surface area contributed by atoms with Crippen LogP contribution in [0.3, 0.4) is 0 Å². The standard InChI is InChI=1S/C22H20F3N7/c23-22(24,25)16-6-3-4-14(10-16)12-31-8-9-32(13-15-5-1-2-7-18(15)31)20-17-11-27-30-19(17)28-21(26)29-20/h1-7,10-11H,8-9,12-13H2,(H3,26,27,28,29,30). The maximum Gasteiger partial charge on any atom is 0.416 e. The highest BCUT2D eigenvalue weighted by atomic mass is 19.4. The lowest BCUT2D eigenvalue weighted by molar-refractivity contribution is -0.137. The molecule has 7 nitrogen and oxygen atoms in total. The van der Waals surface area contributed by atoms with Crippen molar-refractivity contribution in [2.24, 2.45) is 0 Å². The van der Waals surface area contributed by atoms with Crippen LogP contribution in [0.1, 0.15) is 16.7 Å². The van der Waals surface area contributed by atoms with Crippen molar-refractivity contribution in [2.45, 2.75) is 19.3 Å². The van der Waals surface area contributed by atoms with E-state index < -0.39 is 11.7 Å². The lowest BCUT2D eigenvalue weighted by Crippen LogP contribution is -2.32. The van der Waals surface area contributed by atoms with Crippen LogP contribution >= 0.6 is 0 Å². The number of aromatic amines is 1. The van der Waals surface area contributed by atoms with E-state index in [1.165, 1.54) is 12.1 Å². The third-order valence-electron chi connectivity index (χ3n) is 5.57. The summed E-state index contributed by atoms with van der Waals surface area (Å²) >= 11 is 0. The molecule has 1 aliphatic heterocycles. The van der Waals surface area contributed by atoms with E-state index in [9.17, 15) is 13.2 Å². The molecule has 3 N–H and O–H groups in total. The molecule has 164 valence electrons. The van der Waals surface area contributed by atoms with E-state index in [1.54, 1.807) is 12.3 Å². The monoisotopic (exact) mass is 439 g/mol. The van der Waals surface area contributed by atoms with Gasteiger partial charge in [-0.1, -0.05) is 30.3 Å². The minimum Gasteiger partial charge on any atom is -0.368 e. The zero-order valence-corrected chi connectivity index (χ0v) is 17.0. The van der Waals surface area contributed by atoms with Crippen LogP contribution < -0.4 is 15.5 Å². The van der Waals surface area contributed by atoms with Crippen LogP contribution in [0.25, 0.3) is 11.0 Å². The fourth-order valence-corrected chi connectivity index (χ4v) is 4.09. The molecule has 2 aromatic heterocycles. The number of hydrogen-bond donors (Lipinski definition) is 2. The molecule has 2 aromatic carbocycles. The minimum absolute atomic E-state index is 0.148. The molecule has 0 radical (unpaired) electrons. The Bertz CT molecular complexity index is 1270. The maximum absolute atomic E-state index is 13.2. The fourth-order valence-electron chi connectivity index (χ4n) is 4.09. The largest absolute Gasteiger partial charge is 0.416 e. The van der Waals surface area contributed by atoms with Gasteiger partial charge in [0.1, 0.15) is 5.82 Å². The Hall–Kier alpha value is -3.82. The Morgan fingerprint density at radius 3 is 2.72 bits per heavy atom. The van der Waals surface area contributed by atoms with Crippen molar-refractivity contribution < 1.29 is 13.2 Å². The van der Waals surface area contributed by atoms with Crippen molar-refractivity contribution in [3.8, 4) is 0 Å². The molecule has 1 aliphatic rings. The Labute approximate surface area is 181 Å². The molecular formula is C22H20F3N7. The quantitative estimate of drug-likeness (QED) is 0.502. The lowest BCUT2D eigenvalue weighted by Gasteiger charge is -2.25. The molecule has 0 saturated heterocycles. The lowest BCUT2D eigenvalue weighted by atomic mass is 10.1. The topological polar surface area (TPSA) is 87.0 Å². The Balaban J connectivity index is 1.48. The summed E-state index contributed by atoms with van der Waals surface area (Å²) in [5.41, 5.74) is 8.46. The molecule has 0 amide bonds. The van der Waals surface area contributed by atoms with Gasteiger partial charge in [-0.15, -0.1) is 0 Å². The van der Waals surface area contributed by atoms with Crippen LogP contribution in [0.5, 0.6) is 0 Å². The highest BCUT2D eigenvalue weighted by molar-refractivity contribution is 5.87. The smallest absolute Gasteiger partial charge is 0.368 e. The van der Waals surface area contributed by atoms with Crippen LogP contribution in [0, 0.1) is 0 Å². The summed E-state index contributed by atoms with van der Waals surface area (Å²) in [6.07, 6.45) is -2.70. The number of nitrogens with two attached hydrogens (primary N) is 1. The highest BCUT2D eigenvalue weighted by Crippen LogP contribution is 2.33. The van der Waals surface area contributed by atoms with Crippen LogP contribution in [0.15, 0.2) is 54.7 Å². The maximum atomic E-state index is 13.2. The van der Waals surface area contributed by atoms with Gasteiger partial charge in [-0.2, -0.15) is 28.2 Å². The number of anilines is 3. The van der Waals surface area contributed by atoms with Gasteiger partial charge in [-0.3, -0.25) is 5.10 Å². The summed E-state index contributed by atoms with van der Waals surface area (Å²) in [5.74, 6) is 0.826. The number of para-hydroxylation sites is 1. The number of fused-ring (bicyclic) bond motifs is 2. The summed E-state index contributed by atoms with van der Waals surface area (Å²) in [7, 11) is 0. The molecule has 32 heavy (non-hydrogen) atoms. The third kappa shape index (κ3) is 3.79. The van der Waals surface area contributed by atoms with Gasteiger partial charge >= 0.3 is 6.18 Å². The van der Waals surface area contributed by atoms with E-state index in [1.807, 2.05) is 24.3 Å². The van der Waals surface area contributed by atoms with E-state index >= 15 is 0 Å². The molecule has 0 unspecified atom stereocenters. The Kier molecular flexibility index (Phi) is 4.84. The summed E-state index contributed by atoms with van der Waals surface area (Å²) in [6.45, 7) is 2.13. The molecule has 0 aliphatic carbocycles. The second-order valence-electron chi connectivity index (χ2n) is 7.71. The van der Waals surface area contributed by atoms with Crippen molar-refractivity contribution in [3.05, 3.63) is 71.4 Å². The molecule has 0 bridgehead atoms. The molecule has 0 saturated carbocycles. The van der Waals surface area contributed by atoms with Gasteiger partial charge in [0.2, 0.25) is 5.95 Å². The summed E-state index contributed by atoms with van der Waals surface area (Å²) in [4.78, 5) is 12.8. The molecule has 0 atom stereocenters. The number of aromatic nitrogens is 4. The van der Waals surface area contributed by atoms with Crippen molar-refractivity contribution in [1.29, 1.82) is 0 Å². The SMILES string of the molecule is Nc1nc(N2CCN(Cc3cccc(C(F)(F)F)c3)c3ccccc3C2)c2cn[nH]c2n1. The zero-order chi connectivity index (χ0) is 22.3. The van der Waals surface area contributed by atoms with Crippen LogP contribution in [0.2, 0.25) is 0 Å². The molecule has 0 fully saturated rings. The number of H-pyrrole nitrogens is 1. The van der Waals surface area contributed by atoms with Gasteiger partial charge in [0.25, 0.3) is 0 Å². The molecule has 3 heterocycles. The Morgan fingerprint density at radius 1 is 1.03 bits per heavy atom. The van der Waals surface area contributed by atoms with Gasteiger partial charge in [0.15, 0.2) is 5.65 Å². The number of alkyl halides is 3. The molecule has 0 spiro atoms. The summed E-state index contributed by atoms with van der Waals surface area (Å²) < 4.78 is 39.5. The number of nitrogen functional groups attached to an aromatic ring is 1. The van der Waals surface area contributed by atoms with Crippen molar-refractivity contribution >= 4 is 28.5 Å². The first kappa shape index (κ1) is 20.1. The van der Waals surface area contributed by atoms with Crippen LogP contribution in [0.4, 0.5) is 30.6 Å². The van der Waals surface area contributed by atoms with Crippen LogP contribution in [-0.2, 0) is 19.3 Å². The van der Waals surface area contributed by atoms with Crippen molar-refractivity contribution in [3.63, 3.8) is 0 Å². The number of halogens is 3. The molecule has 4 aromatic rings. The van der Waals surface area contributed by atoms with E-state index in [0.29, 0.717) is 43.2 Å². The zero-order valence-electron chi connectivity index (χ0n) is 17.0. The molecule has 10 heteroatoms. The predicted molar refractivity (Wildman–Crippen MR) is 116 cm³/mol. The summed E-state index contributed by atoms with van der Waals surface area (Å²) in [5, 5.41) is 7.64. The van der Waals surface area contributed by atoms with E-state index in [2.05, 4.69) is 30.0 Å². The minimum atomic E-state index is -4.37. The predicted octanol–water partition coefficient (Wildman–Crippen LogP) is 3.98. The van der Waals surface area contributed by atoms with Crippen LogP contribution in [-0.4, -0.2) is 33.3 Å². The fraction of sp³-hybridized carbons (Fsp3) is 0.227. The van der Waals surface area contributed by atoms with E-state index in [0.717, 1.165) is 22.7 Å². The first-order valence-corrected chi connectivity index (χ1v) is 10.1. The van der Waals surface area contributed by atoms with Gasteiger partial charge < -0.3 is 15.5 Å². The number of nitrogens with zero attached hydrogens (tertiary/aromatic N) is 5. The average Bonchev–Trinajstić information content (AvgIpc) is 3.15.